The second kappa shape index (κ2) is 7.48. The van der Waals surface area contributed by atoms with E-state index in [1.54, 1.807) is 6.08 Å². The Bertz CT molecular complexity index is 491. The van der Waals surface area contributed by atoms with Gasteiger partial charge in [-0.3, -0.25) is 0 Å². The number of hydrogen-bond acceptors (Lipinski definition) is 4. The molecule has 0 unspecified atom stereocenters. The first kappa shape index (κ1) is 15.1. The van der Waals surface area contributed by atoms with Gasteiger partial charge in [0.25, 0.3) is 0 Å². The van der Waals surface area contributed by atoms with Crippen molar-refractivity contribution in [2.24, 2.45) is 0 Å². The lowest BCUT2D eigenvalue weighted by Crippen LogP contribution is -2.27. The molecule has 0 amide bonds. The average Bonchev–Trinajstić information content (AvgIpc) is 2.33. The molecule has 0 saturated heterocycles. The Morgan fingerprint density at radius 1 is 1.50 bits per heavy atom. The molecule has 1 heterocycles. The molecular formula is C11H15ClN2O3S. The van der Waals surface area contributed by atoms with E-state index in [1.165, 1.54) is 18.3 Å². The molecule has 0 saturated carbocycles. The van der Waals surface area contributed by atoms with Gasteiger partial charge in [0.1, 0.15) is 5.15 Å². The van der Waals surface area contributed by atoms with Crippen molar-refractivity contribution < 1.29 is 13.2 Å². The Kier molecular flexibility index (Phi) is 6.28. The predicted molar refractivity (Wildman–Crippen MR) is 70.1 cm³/mol. The summed E-state index contributed by atoms with van der Waals surface area (Å²) < 4.78 is 31.2. The molecule has 0 radical (unpaired) electrons. The average molecular weight is 291 g/mol. The van der Waals surface area contributed by atoms with Crippen LogP contribution in [0.3, 0.4) is 0 Å². The van der Waals surface area contributed by atoms with Crippen LogP contribution in [-0.2, 0) is 14.8 Å². The third-order valence-corrected chi connectivity index (χ3v) is 3.68. The van der Waals surface area contributed by atoms with Crippen LogP contribution in [0.2, 0.25) is 5.15 Å². The number of hydrogen-bond donors (Lipinski definition) is 1. The fourth-order valence-corrected chi connectivity index (χ4v) is 2.42. The van der Waals surface area contributed by atoms with Gasteiger partial charge in [0, 0.05) is 12.7 Å². The molecular weight excluding hydrogens is 276 g/mol. The predicted octanol–water partition coefficient (Wildman–Crippen LogP) is 1.61. The summed E-state index contributed by atoms with van der Waals surface area (Å²) in [6, 6.07) is 2.68. The first-order valence-electron chi connectivity index (χ1n) is 5.36. The molecule has 5 nitrogen and oxygen atoms in total. The first-order chi connectivity index (χ1) is 8.56. The van der Waals surface area contributed by atoms with Crippen molar-refractivity contribution in [1.82, 2.24) is 9.71 Å². The van der Waals surface area contributed by atoms with Gasteiger partial charge in [-0.2, -0.15) is 0 Å². The summed E-state index contributed by atoms with van der Waals surface area (Å²) >= 11 is 5.63. The van der Waals surface area contributed by atoms with Gasteiger partial charge in [-0.15, -0.1) is 6.58 Å². The fraction of sp³-hybridized carbons (Fsp3) is 0.364. The van der Waals surface area contributed by atoms with Crippen molar-refractivity contribution >= 4 is 21.6 Å². The molecule has 1 aromatic heterocycles. The Morgan fingerprint density at radius 2 is 2.28 bits per heavy atom. The standard InChI is InChI=1S/C11H15ClN2O3S/c1-2-3-7-17-8-6-14-18(15,16)10-4-5-13-11(12)9-10/h2,4-5,9,14H,1,3,6-8H2. The Balaban J connectivity index is 2.43. The lowest BCUT2D eigenvalue weighted by molar-refractivity contribution is 0.144. The molecule has 0 aliphatic heterocycles. The number of sulfonamides is 1. The van der Waals surface area contributed by atoms with Gasteiger partial charge in [0.2, 0.25) is 10.0 Å². The zero-order valence-electron chi connectivity index (χ0n) is 9.80. The van der Waals surface area contributed by atoms with Crippen molar-refractivity contribution in [3.63, 3.8) is 0 Å². The second-order valence-corrected chi connectivity index (χ2v) is 5.56. The smallest absolute Gasteiger partial charge is 0.240 e. The second-order valence-electron chi connectivity index (χ2n) is 3.40. The van der Waals surface area contributed by atoms with Crippen molar-refractivity contribution in [2.45, 2.75) is 11.3 Å². The van der Waals surface area contributed by atoms with Gasteiger partial charge in [-0.05, 0) is 18.6 Å². The van der Waals surface area contributed by atoms with Crippen LogP contribution in [0.5, 0.6) is 0 Å². The summed E-state index contributed by atoms with van der Waals surface area (Å²) in [6.07, 6.45) is 3.83. The maximum atomic E-state index is 11.8. The maximum Gasteiger partial charge on any atom is 0.240 e. The Hall–Kier alpha value is -0.950. The lowest BCUT2D eigenvalue weighted by atomic mass is 10.5. The van der Waals surface area contributed by atoms with E-state index in [4.69, 9.17) is 16.3 Å². The highest BCUT2D eigenvalue weighted by molar-refractivity contribution is 7.89. The number of rotatable bonds is 8. The van der Waals surface area contributed by atoms with Gasteiger partial charge in [-0.25, -0.2) is 18.1 Å². The summed E-state index contributed by atoms with van der Waals surface area (Å²) in [5.41, 5.74) is 0. The van der Waals surface area contributed by atoms with Crippen LogP contribution in [0.25, 0.3) is 0 Å². The highest BCUT2D eigenvalue weighted by Gasteiger charge is 2.13. The summed E-state index contributed by atoms with van der Waals surface area (Å²) in [7, 11) is -3.55. The number of ether oxygens (including phenoxy) is 1. The minimum Gasteiger partial charge on any atom is -0.380 e. The van der Waals surface area contributed by atoms with E-state index in [9.17, 15) is 8.42 Å². The van der Waals surface area contributed by atoms with Gasteiger partial charge in [0.05, 0.1) is 18.1 Å². The largest absolute Gasteiger partial charge is 0.380 e. The molecule has 0 aromatic carbocycles. The number of nitrogens with one attached hydrogen (secondary N) is 1. The minimum atomic E-state index is -3.55. The summed E-state index contributed by atoms with van der Waals surface area (Å²) in [4.78, 5) is 3.81. The van der Waals surface area contributed by atoms with E-state index in [0.717, 1.165) is 6.42 Å². The molecule has 1 aromatic rings. The highest BCUT2D eigenvalue weighted by atomic mass is 35.5. The molecule has 1 rings (SSSR count). The van der Waals surface area contributed by atoms with Gasteiger partial charge < -0.3 is 4.74 Å². The lowest BCUT2D eigenvalue weighted by Gasteiger charge is -2.07. The maximum absolute atomic E-state index is 11.8. The molecule has 0 fully saturated rings. The van der Waals surface area contributed by atoms with E-state index in [1.807, 2.05) is 0 Å². The van der Waals surface area contributed by atoms with Crippen LogP contribution < -0.4 is 4.72 Å². The molecule has 7 heteroatoms. The van der Waals surface area contributed by atoms with Crippen LogP contribution >= 0.6 is 11.6 Å². The first-order valence-corrected chi connectivity index (χ1v) is 7.22. The van der Waals surface area contributed by atoms with Gasteiger partial charge in [0.15, 0.2) is 0 Å². The van der Waals surface area contributed by atoms with E-state index in [2.05, 4.69) is 16.3 Å². The molecule has 0 aliphatic carbocycles. The number of aromatic nitrogens is 1. The number of pyridine rings is 1. The summed E-state index contributed by atoms with van der Waals surface area (Å²) in [5.74, 6) is 0. The van der Waals surface area contributed by atoms with Crippen LogP contribution in [0.15, 0.2) is 35.9 Å². The van der Waals surface area contributed by atoms with E-state index in [0.29, 0.717) is 13.2 Å². The minimum absolute atomic E-state index is 0.0913. The van der Waals surface area contributed by atoms with Gasteiger partial charge >= 0.3 is 0 Å². The van der Waals surface area contributed by atoms with Crippen molar-refractivity contribution in [3.8, 4) is 0 Å². The number of halogens is 1. The van der Waals surface area contributed by atoms with Gasteiger partial charge in [-0.1, -0.05) is 17.7 Å². The van der Waals surface area contributed by atoms with Crippen LogP contribution in [0.1, 0.15) is 6.42 Å². The SMILES string of the molecule is C=CCCOCCNS(=O)(=O)c1ccnc(Cl)c1. The summed E-state index contributed by atoms with van der Waals surface area (Å²) in [5, 5.41) is 0.139. The van der Waals surface area contributed by atoms with E-state index < -0.39 is 10.0 Å². The third kappa shape index (κ3) is 5.14. The molecule has 0 bridgehead atoms. The molecule has 1 N–H and O–H groups in total. The highest BCUT2D eigenvalue weighted by Crippen LogP contribution is 2.12. The van der Waals surface area contributed by atoms with Crippen molar-refractivity contribution in [2.75, 3.05) is 19.8 Å². The Morgan fingerprint density at radius 3 is 2.94 bits per heavy atom. The van der Waals surface area contributed by atoms with E-state index in [-0.39, 0.29) is 16.6 Å². The van der Waals surface area contributed by atoms with Crippen LogP contribution in [-0.4, -0.2) is 33.2 Å². The summed E-state index contributed by atoms with van der Waals surface area (Å²) in [6.45, 7) is 4.61. The molecule has 0 aliphatic rings. The number of nitrogens with zero attached hydrogens (tertiary/aromatic N) is 1. The molecule has 18 heavy (non-hydrogen) atoms. The van der Waals surface area contributed by atoms with E-state index >= 15 is 0 Å². The quantitative estimate of drug-likeness (QED) is 0.449. The molecule has 0 spiro atoms. The zero-order valence-corrected chi connectivity index (χ0v) is 11.4. The Labute approximate surface area is 112 Å². The zero-order chi connectivity index (χ0) is 13.4. The molecule has 0 atom stereocenters. The monoisotopic (exact) mass is 290 g/mol. The fourth-order valence-electron chi connectivity index (χ4n) is 1.15. The topological polar surface area (TPSA) is 68.3 Å². The normalized spacial score (nSPS) is 11.4. The molecule has 100 valence electrons. The van der Waals surface area contributed by atoms with Crippen LogP contribution in [0, 0.1) is 0 Å². The van der Waals surface area contributed by atoms with Crippen molar-refractivity contribution in [1.29, 1.82) is 0 Å². The van der Waals surface area contributed by atoms with Crippen molar-refractivity contribution in [3.05, 3.63) is 36.1 Å². The van der Waals surface area contributed by atoms with Crippen LogP contribution in [0.4, 0.5) is 0 Å². The third-order valence-electron chi connectivity index (χ3n) is 2.01.